The second-order valence-corrected chi connectivity index (χ2v) is 5.93. The Morgan fingerprint density at radius 1 is 1.13 bits per heavy atom. The Kier molecular flexibility index (Phi) is 3.36. The first-order chi connectivity index (χ1) is 7.09. The van der Waals surface area contributed by atoms with Crippen LogP contribution in [0.15, 0.2) is 0 Å². The van der Waals surface area contributed by atoms with Crippen LogP contribution in [-0.4, -0.2) is 35.2 Å². The van der Waals surface area contributed by atoms with Crippen LogP contribution in [0.2, 0.25) is 0 Å². The maximum absolute atomic E-state index is 10.1. The number of aliphatic hydroxyl groups is 1. The van der Waals surface area contributed by atoms with E-state index < -0.39 is 5.60 Å². The molecule has 0 radical (unpaired) electrons. The summed E-state index contributed by atoms with van der Waals surface area (Å²) in [7, 11) is 0. The predicted octanol–water partition coefficient (Wildman–Crippen LogP) is 2.27. The van der Waals surface area contributed by atoms with Gasteiger partial charge < -0.3 is 5.11 Å². The zero-order valence-electron chi connectivity index (χ0n) is 10.2. The monoisotopic (exact) mass is 211 g/mol. The van der Waals surface area contributed by atoms with Crippen molar-refractivity contribution in [3.05, 3.63) is 0 Å². The Hall–Kier alpha value is -0.0800. The topological polar surface area (TPSA) is 23.5 Å². The maximum Gasteiger partial charge on any atom is 0.0743 e. The van der Waals surface area contributed by atoms with Gasteiger partial charge in [-0.2, -0.15) is 0 Å². The first-order valence-electron chi connectivity index (χ1n) is 6.54. The smallest absolute Gasteiger partial charge is 0.0743 e. The largest absolute Gasteiger partial charge is 0.389 e. The molecule has 0 amide bonds. The standard InChI is InChI=1S/C13H25NO/c1-3-13(2,15)10-14(8-11-4-5-11)9-12-6-7-12/h11-12,15H,3-10H2,1-2H3. The molecule has 0 aromatic heterocycles. The second-order valence-electron chi connectivity index (χ2n) is 5.93. The molecule has 0 aromatic rings. The molecule has 1 N–H and O–H groups in total. The van der Waals surface area contributed by atoms with Crippen LogP contribution in [0.1, 0.15) is 46.0 Å². The van der Waals surface area contributed by atoms with Crippen LogP contribution in [0.25, 0.3) is 0 Å². The summed E-state index contributed by atoms with van der Waals surface area (Å²) in [6.07, 6.45) is 6.51. The highest BCUT2D eigenvalue weighted by molar-refractivity contribution is 4.85. The van der Waals surface area contributed by atoms with E-state index in [0.29, 0.717) is 0 Å². The van der Waals surface area contributed by atoms with Crippen molar-refractivity contribution in [1.82, 2.24) is 4.90 Å². The summed E-state index contributed by atoms with van der Waals surface area (Å²) >= 11 is 0. The van der Waals surface area contributed by atoms with E-state index in [1.165, 1.54) is 38.8 Å². The van der Waals surface area contributed by atoms with Gasteiger partial charge in [0, 0.05) is 19.6 Å². The van der Waals surface area contributed by atoms with Gasteiger partial charge in [-0.25, -0.2) is 0 Å². The quantitative estimate of drug-likeness (QED) is 0.698. The third-order valence-corrected chi connectivity index (χ3v) is 3.75. The van der Waals surface area contributed by atoms with Gasteiger partial charge in [0.05, 0.1) is 5.60 Å². The van der Waals surface area contributed by atoms with Gasteiger partial charge in [0.2, 0.25) is 0 Å². The highest BCUT2D eigenvalue weighted by Gasteiger charge is 2.32. The van der Waals surface area contributed by atoms with Crippen molar-refractivity contribution in [1.29, 1.82) is 0 Å². The molecule has 1 atom stereocenters. The van der Waals surface area contributed by atoms with Crippen molar-refractivity contribution in [2.45, 2.75) is 51.6 Å². The molecule has 0 saturated heterocycles. The van der Waals surface area contributed by atoms with E-state index in [2.05, 4.69) is 11.8 Å². The minimum Gasteiger partial charge on any atom is -0.389 e. The van der Waals surface area contributed by atoms with Gasteiger partial charge in [-0.15, -0.1) is 0 Å². The minimum atomic E-state index is -0.482. The molecule has 2 fully saturated rings. The zero-order valence-corrected chi connectivity index (χ0v) is 10.2. The predicted molar refractivity (Wildman–Crippen MR) is 62.8 cm³/mol. The van der Waals surface area contributed by atoms with E-state index in [1.807, 2.05) is 6.92 Å². The molecular formula is C13H25NO. The number of nitrogens with zero attached hydrogens (tertiary/aromatic N) is 1. The van der Waals surface area contributed by atoms with Crippen molar-refractivity contribution in [3.63, 3.8) is 0 Å². The lowest BCUT2D eigenvalue weighted by Gasteiger charge is -2.31. The molecule has 0 aliphatic heterocycles. The van der Waals surface area contributed by atoms with Crippen molar-refractivity contribution in [3.8, 4) is 0 Å². The Morgan fingerprint density at radius 2 is 1.60 bits per heavy atom. The molecule has 0 bridgehead atoms. The summed E-state index contributed by atoms with van der Waals surface area (Å²) in [5.41, 5.74) is -0.482. The lowest BCUT2D eigenvalue weighted by atomic mass is 10.0. The van der Waals surface area contributed by atoms with Crippen molar-refractivity contribution in [2.24, 2.45) is 11.8 Å². The summed E-state index contributed by atoms with van der Waals surface area (Å²) in [4.78, 5) is 2.51. The number of hydrogen-bond donors (Lipinski definition) is 1. The summed E-state index contributed by atoms with van der Waals surface area (Å²) in [5.74, 6) is 1.88. The van der Waals surface area contributed by atoms with Gasteiger partial charge in [0.15, 0.2) is 0 Å². The maximum atomic E-state index is 10.1. The SMILES string of the molecule is CCC(C)(O)CN(CC1CC1)CC1CC1. The Morgan fingerprint density at radius 3 is 1.93 bits per heavy atom. The second kappa shape index (κ2) is 4.42. The fourth-order valence-corrected chi connectivity index (χ4v) is 2.13. The van der Waals surface area contributed by atoms with E-state index in [9.17, 15) is 5.11 Å². The van der Waals surface area contributed by atoms with Gasteiger partial charge in [0.25, 0.3) is 0 Å². The van der Waals surface area contributed by atoms with E-state index >= 15 is 0 Å². The van der Waals surface area contributed by atoms with E-state index in [-0.39, 0.29) is 0 Å². The summed E-state index contributed by atoms with van der Waals surface area (Å²) in [6, 6.07) is 0. The minimum absolute atomic E-state index is 0.482. The van der Waals surface area contributed by atoms with Crippen LogP contribution in [0, 0.1) is 11.8 Å². The summed E-state index contributed by atoms with van der Waals surface area (Å²) < 4.78 is 0. The van der Waals surface area contributed by atoms with Gasteiger partial charge in [-0.1, -0.05) is 6.92 Å². The van der Waals surface area contributed by atoms with Crippen LogP contribution in [-0.2, 0) is 0 Å². The lowest BCUT2D eigenvalue weighted by molar-refractivity contribution is 0.0137. The molecular weight excluding hydrogens is 186 g/mol. The highest BCUT2D eigenvalue weighted by atomic mass is 16.3. The van der Waals surface area contributed by atoms with E-state index in [0.717, 1.165) is 24.8 Å². The molecule has 2 heteroatoms. The molecule has 2 rings (SSSR count). The van der Waals surface area contributed by atoms with Crippen molar-refractivity contribution < 1.29 is 5.11 Å². The first-order valence-corrected chi connectivity index (χ1v) is 6.54. The van der Waals surface area contributed by atoms with Crippen LogP contribution in [0.5, 0.6) is 0 Å². The fourth-order valence-electron chi connectivity index (χ4n) is 2.13. The first kappa shape index (κ1) is 11.4. The van der Waals surface area contributed by atoms with Crippen LogP contribution in [0.3, 0.4) is 0 Å². The number of hydrogen-bond acceptors (Lipinski definition) is 2. The van der Waals surface area contributed by atoms with E-state index in [4.69, 9.17) is 0 Å². The lowest BCUT2D eigenvalue weighted by Crippen LogP contribution is -2.42. The molecule has 0 heterocycles. The van der Waals surface area contributed by atoms with Gasteiger partial charge in [0.1, 0.15) is 0 Å². The third-order valence-electron chi connectivity index (χ3n) is 3.75. The van der Waals surface area contributed by atoms with Crippen LogP contribution in [0.4, 0.5) is 0 Å². The molecule has 0 aromatic carbocycles. The van der Waals surface area contributed by atoms with Gasteiger partial charge in [-0.05, 0) is 50.9 Å². The molecule has 2 saturated carbocycles. The molecule has 88 valence electrons. The van der Waals surface area contributed by atoms with Crippen LogP contribution >= 0.6 is 0 Å². The van der Waals surface area contributed by atoms with Crippen molar-refractivity contribution >= 4 is 0 Å². The average Bonchev–Trinajstić information content (AvgIpc) is 2.99. The van der Waals surface area contributed by atoms with Crippen molar-refractivity contribution in [2.75, 3.05) is 19.6 Å². The number of rotatable bonds is 7. The van der Waals surface area contributed by atoms with Crippen LogP contribution < -0.4 is 0 Å². The van der Waals surface area contributed by atoms with E-state index in [1.54, 1.807) is 0 Å². The average molecular weight is 211 g/mol. The zero-order chi connectivity index (χ0) is 10.9. The fraction of sp³-hybridized carbons (Fsp3) is 1.00. The molecule has 1 unspecified atom stereocenters. The highest BCUT2D eigenvalue weighted by Crippen LogP contribution is 2.34. The van der Waals surface area contributed by atoms with Gasteiger partial charge in [-0.3, -0.25) is 4.90 Å². The molecule has 2 nitrogen and oxygen atoms in total. The molecule has 2 aliphatic rings. The molecule has 2 aliphatic carbocycles. The van der Waals surface area contributed by atoms with Gasteiger partial charge >= 0.3 is 0 Å². The Labute approximate surface area is 93.7 Å². The Bertz CT molecular complexity index is 193. The summed E-state index contributed by atoms with van der Waals surface area (Å²) in [5, 5.41) is 10.1. The normalized spacial score (nSPS) is 25.6. The summed E-state index contributed by atoms with van der Waals surface area (Å²) in [6.45, 7) is 7.38. The third kappa shape index (κ3) is 4.12. The molecule has 0 spiro atoms. The molecule has 15 heavy (non-hydrogen) atoms. The Balaban J connectivity index is 1.79.